The van der Waals surface area contributed by atoms with Crippen LogP contribution in [0.3, 0.4) is 0 Å². The van der Waals surface area contributed by atoms with Gasteiger partial charge in [0.05, 0.1) is 6.04 Å². The van der Waals surface area contributed by atoms with Crippen molar-refractivity contribution in [3.8, 4) is 0 Å². The summed E-state index contributed by atoms with van der Waals surface area (Å²) in [6.45, 7) is 8.08. The molecule has 4 nitrogen and oxygen atoms in total. The molecule has 0 bridgehead atoms. The molecule has 0 aromatic heterocycles. The third kappa shape index (κ3) is 3.68. The van der Waals surface area contributed by atoms with Gasteiger partial charge in [0.1, 0.15) is 0 Å². The van der Waals surface area contributed by atoms with Crippen molar-refractivity contribution in [2.75, 3.05) is 19.7 Å². The first kappa shape index (κ1) is 14.5. The molecule has 1 aliphatic rings. The Morgan fingerprint density at radius 1 is 1.53 bits per heavy atom. The molecule has 2 atom stereocenters. The van der Waals surface area contributed by atoms with Crippen molar-refractivity contribution in [1.82, 2.24) is 10.2 Å². The van der Waals surface area contributed by atoms with Crippen LogP contribution in [0.2, 0.25) is 0 Å². The Bertz CT molecular complexity index is 242. The molecule has 1 aliphatic heterocycles. The van der Waals surface area contributed by atoms with Gasteiger partial charge in [0.2, 0.25) is 5.91 Å². The van der Waals surface area contributed by atoms with E-state index in [4.69, 9.17) is 5.11 Å². The summed E-state index contributed by atoms with van der Waals surface area (Å²) in [6.07, 6.45) is 2.67. The SMILES string of the molecule is CCNC1CCCN(C(CCO)C(C)C)C1=O. The monoisotopic (exact) mass is 242 g/mol. The topological polar surface area (TPSA) is 52.6 Å². The Morgan fingerprint density at radius 3 is 2.76 bits per heavy atom. The first-order valence-corrected chi connectivity index (χ1v) is 6.76. The zero-order valence-electron chi connectivity index (χ0n) is 11.3. The van der Waals surface area contributed by atoms with Gasteiger partial charge in [-0.25, -0.2) is 0 Å². The van der Waals surface area contributed by atoms with Crippen molar-refractivity contribution in [3.05, 3.63) is 0 Å². The molecule has 1 amide bonds. The highest BCUT2D eigenvalue weighted by atomic mass is 16.3. The van der Waals surface area contributed by atoms with E-state index in [0.717, 1.165) is 25.9 Å². The van der Waals surface area contributed by atoms with E-state index in [0.29, 0.717) is 12.3 Å². The Kier molecular flexibility index (Phi) is 5.92. The number of aliphatic hydroxyl groups excluding tert-OH is 1. The summed E-state index contributed by atoms with van der Waals surface area (Å²) < 4.78 is 0. The Hall–Kier alpha value is -0.610. The number of nitrogens with zero attached hydrogens (tertiary/aromatic N) is 1. The molecule has 0 aromatic carbocycles. The normalized spacial score (nSPS) is 23.2. The molecule has 1 heterocycles. The largest absolute Gasteiger partial charge is 0.396 e. The van der Waals surface area contributed by atoms with Gasteiger partial charge in [0.25, 0.3) is 0 Å². The fourth-order valence-corrected chi connectivity index (χ4v) is 2.65. The molecule has 1 rings (SSSR count). The van der Waals surface area contributed by atoms with Gasteiger partial charge in [0.15, 0.2) is 0 Å². The highest BCUT2D eigenvalue weighted by Gasteiger charge is 2.33. The van der Waals surface area contributed by atoms with Gasteiger partial charge < -0.3 is 15.3 Å². The van der Waals surface area contributed by atoms with Gasteiger partial charge in [-0.15, -0.1) is 0 Å². The molecule has 0 radical (unpaired) electrons. The molecule has 4 heteroatoms. The number of aliphatic hydroxyl groups is 1. The van der Waals surface area contributed by atoms with Gasteiger partial charge in [0, 0.05) is 19.2 Å². The lowest BCUT2D eigenvalue weighted by molar-refractivity contribution is -0.140. The highest BCUT2D eigenvalue weighted by molar-refractivity contribution is 5.83. The lowest BCUT2D eigenvalue weighted by Gasteiger charge is -2.40. The predicted molar refractivity (Wildman–Crippen MR) is 68.7 cm³/mol. The summed E-state index contributed by atoms with van der Waals surface area (Å²) in [6, 6.07) is 0.155. The Labute approximate surface area is 104 Å². The van der Waals surface area contributed by atoms with Crippen molar-refractivity contribution in [2.24, 2.45) is 5.92 Å². The van der Waals surface area contributed by atoms with E-state index < -0.39 is 0 Å². The molecule has 100 valence electrons. The number of carbonyl (C=O) groups is 1. The van der Waals surface area contributed by atoms with E-state index in [9.17, 15) is 4.79 Å². The smallest absolute Gasteiger partial charge is 0.239 e. The van der Waals surface area contributed by atoms with E-state index in [2.05, 4.69) is 19.2 Å². The zero-order valence-corrected chi connectivity index (χ0v) is 11.3. The van der Waals surface area contributed by atoms with E-state index in [1.807, 2.05) is 11.8 Å². The third-order valence-corrected chi connectivity index (χ3v) is 3.52. The molecule has 0 aliphatic carbocycles. The minimum absolute atomic E-state index is 0.0197. The maximum absolute atomic E-state index is 12.3. The maximum Gasteiger partial charge on any atom is 0.239 e. The molecular formula is C13H26N2O2. The fourth-order valence-electron chi connectivity index (χ4n) is 2.65. The second-order valence-corrected chi connectivity index (χ2v) is 5.11. The lowest BCUT2D eigenvalue weighted by atomic mass is 9.95. The molecule has 0 saturated carbocycles. The number of hydrogen-bond acceptors (Lipinski definition) is 3. The van der Waals surface area contributed by atoms with Crippen LogP contribution in [0.25, 0.3) is 0 Å². The molecule has 2 unspecified atom stereocenters. The van der Waals surface area contributed by atoms with Crippen LogP contribution < -0.4 is 5.32 Å². The van der Waals surface area contributed by atoms with Crippen LogP contribution in [0.1, 0.15) is 40.0 Å². The van der Waals surface area contributed by atoms with Gasteiger partial charge in [-0.2, -0.15) is 0 Å². The lowest BCUT2D eigenvalue weighted by Crippen LogP contribution is -2.55. The maximum atomic E-state index is 12.3. The van der Waals surface area contributed by atoms with Crippen LogP contribution in [0.15, 0.2) is 0 Å². The molecule has 1 fully saturated rings. The number of likely N-dealkylation sites (N-methyl/N-ethyl adjacent to an activating group) is 1. The molecule has 17 heavy (non-hydrogen) atoms. The molecule has 0 aromatic rings. The van der Waals surface area contributed by atoms with Gasteiger partial charge in [-0.1, -0.05) is 20.8 Å². The van der Waals surface area contributed by atoms with Crippen LogP contribution >= 0.6 is 0 Å². The first-order chi connectivity index (χ1) is 8.11. The van der Waals surface area contributed by atoms with E-state index in [1.165, 1.54) is 0 Å². The van der Waals surface area contributed by atoms with Crippen LogP contribution in [0.5, 0.6) is 0 Å². The summed E-state index contributed by atoms with van der Waals surface area (Å²) in [5.41, 5.74) is 0. The van der Waals surface area contributed by atoms with Crippen LogP contribution in [-0.2, 0) is 4.79 Å². The Balaban J connectivity index is 2.69. The predicted octanol–water partition coefficient (Wildman–Crippen LogP) is 0.994. The average molecular weight is 242 g/mol. The van der Waals surface area contributed by atoms with Crippen molar-refractivity contribution >= 4 is 5.91 Å². The zero-order chi connectivity index (χ0) is 12.8. The molecule has 1 saturated heterocycles. The second-order valence-electron chi connectivity index (χ2n) is 5.11. The minimum Gasteiger partial charge on any atom is -0.396 e. The highest BCUT2D eigenvalue weighted by Crippen LogP contribution is 2.21. The summed E-state index contributed by atoms with van der Waals surface area (Å²) in [7, 11) is 0. The van der Waals surface area contributed by atoms with Crippen molar-refractivity contribution < 1.29 is 9.90 Å². The summed E-state index contributed by atoms with van der Waals surface area (Å²) in [5.74, 6) is 0.608. The minimum atomic E-state index is -0.0197. The van der Waals surface area contributed by atoms with Gasteiger partial charge >= 0.3 is 0 Å². The number of rotatable bonds is 6. The van der Waals surface area contributed by atoms with Crippen molar-refractivity contribution in [2.45, 2.75) is 52.1 Å². The summed E-state index contributed by atoms with van der Waals surface area (Å²) in [4.78, 5) is 14.3. The molecule has 0 spiro atoms. The fraction of sp³-hybridized carbons (Fsp3) is 0.923. The third-order valence-electron chi connectivity index (χ3n) is 3.52. The van der Waals surface area contributed by atoms with Gasteiger partial charge in [-0.3, -0.25) is 4.79 Å². The number of piperidine rings is 1. The quantitative estimate of drug-likeness (QED) is 0.730. The summed E-state index contributed by atoms with van der Waals surface area (Å²) in [5, 5.41) is 12.4. The van der Waals surface area contributed by atoms with Crippen LogP contribution in [0.4, 0.5) is 0 Å². The Morgan fingerprint density at radius 2 is 2.24 bits per heavy atom. The van der Waals surface area contributed by atoms with E-state index in [1.54, 1.807) is 0 Å². The van der Waals surface area contributed by atoms with Crippen LogP contribution in [0, 0.1) is 5.92 Å². The molecular weight excluding hydrogens is 216 g/mol. The first-order valence-electron chi connectivity index (χ1n) is 6.76. The number of nitrogens with one attached hydrogen (secondary N) is 1. The number of likely N-dealkylation sites (tertiary alicyclic amines) is 1. The van der Waals surface area contributed by atoms with Crippen molar-refractivity contribution in [3.63, 3.8) is 0 Å². The molecule has 2 N–H and O–H groups in total. The summed E-state index contributed by atoms with van der Waals surface area (Å²) >= 11 is 0. The second kappa shape index (κ2) is 6.97. The number of amides is 1. The van der Waals surface area contributed by atoms with Crippen molar-refractivity contribution in [1.29, 1.82) is 0 Å². The van der Waals surface area contributed by atoms with Crippen LogP contribution in [-0.4, -0.2) is 47.7 Å². The number of carbonyl (C=O) groups excluding carboxylic acids is 1. The van der Waals surface area contributed by atoms with Gasteiger partial charge in [-0.05, 0) is 31.7 Å². The standard InChI is InChI=1S/C13H26N2O2/c1-4-14-11-6-5-8-15(13(11)17)12(7-9-16)10(2)3/h10-12,14,16H,4-9H2,1-3H3. The number of hydrogen-bond donors (Lipinski definition) is 2. The average Bonchev–Trinajstić information content (AvgIpc) is 2.29. The van der Waals surface area contributed by atoms with E-state index >= 15 is 0 Å². The van der Waals surface area contributed by atoms with E-state index in [-0.39, 0.29) is 24.6 Å².